The predicted octanol–water partition coefficient (Wildman–Crippen LogP) is 3.85. The van der Waals surface area contributed by atoms with Gasteiger partial charge in [-0.05, 0) is 30.4 Å². The first-order valence-corrected chi connectivity index (χ1v) is 8.25. The molecule has 1 aromatic carbocycles. The van der Waals surface area contributed by atoms with Gasteiger partial charge >= 0.3 is 0 Å². The van der Waals surface area contributed by atoms with Crippen molar-refractivity contribution >= 4 is 40.2 Å². The second kappa shape index (κ2) is 7.94. The summed E-state index contributed by atoms with van der Waals surface area (Å²) in [6, 6.07) is 6.42. The molecule has 0 atom stereocenters. The zero-order valence-electron chi connectivity index (χ0n) is 12.5. The number of nitrogens with one attached hydrogen (secondary N) is 2. The summed E-state index contributed by atoms with van der Waals surface area (Å²) in [6.45, 7) is 2.90. The minimum absolute atomic E-state index is 0.0266. The van der Waals surface area contributed by atoms with Crippen molar-refractivity contribution in [1.29, 1.82) is 0 Å². The van der Waals surface area contributed by atoms with Crippen molar-refractivity contribution in [2.75, 3.05) is 18.4 Å². The Labute approximate surface area is 142 Å². The van der Waals surface area contributed by atoms with E-state index in [9.17, 15) is 14.9 Å². The van der Waals surface area contributed by atoms with E-state index >= 15 is 0 Å². The van der Waals surface area contributed by atoms with Crippen molar-refractivity contribution in [3.05, 3.63) is 55.2 Å². The van der Waals surface area contributed by atoms with Gasteiger partial charge in [-0.3, -0.25) is 14.9 Å². The Morgan fingerprint density at radius 2 is 2.17 bits per heavy atom. The highest BCUT2D eigenvalue weighted by Crippen LogP contribution is 2.30. The summed E-state index contributed by atoms with van der Waals surface area (Å²) in [5.74, 6) is -0.0791. The maximum atomic E-state index is 11.7. The van der Waals surface area contributed by atoms with Crippen LogP contribution in [0.1, 0.15) is 21.7 Å². The maximum absolute atomic E-state index is 11.7. The number of non-ortho nitro benzene ring substituents is 1. The number of benzene rings is 1. The van der Waals surface area contributed by atoms with Gasteiger partial charge in [0, 0.05) is 25.2 Å². The first kappa shape index (κ1) is 17.2. The van der Waals surface area contributed by atoms with Gasteiger partial charge in [0.05, 0.1) is 20.5 Å². The van der Waals surface area contributed by atoms with E-state index in [-0.39, 0.29) is 11.6 Å². The van der Waals surface area contributed by atoms with Gasteiger partial charge in [0.2, 0.25) is 0 Å². The van der Waals surface area contributed by atoms with E-state index < -0.39 is 4.92 Å². The second-order valence-electron chi connectivity index (χ2n) is 4.89. The van der Waals surface area contributed by atoms with Crippen LogP contribution in [0.5, 0.6) is 0 Å². The van der Waals surface area contributed by atoms with Gasteiger partial charge in [-0.15, -0.1) is 11.3 Å². The third kappa shape index (κ3) is 4.67. The summed E-state index contributed by atoms with van der Waals surface area (Å²) >= 11 is 7.47. The lowest BCUT2D eigenvalue weighted by atomic mass is 10.1. The second-order valence-corrected chi connectivity index (χ2v) is 6.25. The van der Waals surface area contributed by atoms with Crippen LogP contribution in [0.2, 0.25) is 5.02 Å². The lowest BCUT2D eigenvalue weighted by molar-refractivity contribution is -0.384. The molecule has 0 bridgehead atoms. The summed E-state index contributed by atoms with van der Waals surface area (Å²) in [4.78, 5) is 22.7. The summed E-state index contributed by atoms with van der Waals surface area (Å²) in [7, 11) is 0. The monoisotopic (exact) mass is 353 g/mol. The topological polar surface area (TPSA) is 84.3 Å². The highest BCUT2D eigenvalue weighted by atomic mass is 35.5. The molecule has 0 fully saturated rings. The van der Waals surface area contributed by atoms with Crippen LogP contribution in [0, 0.1) is 17.0 Å². The Morgan fingerprint density at radius 3 is 2.78 bits per heavy atom. The summed E-state index contributed by atoms with van der Waals surface area (Å²) in [5.41, 5.74) is 1.37. The molecule has 0 spiro atoms. The molecule has 23 heavy (non-hydrogen) atoms. The molecule has 1 heterocycles. The van der Waals surface area contributed by atoms with Gasteiger partial charge in [-0.2, -0.15) is 0 Å². The molecule has 0 unspecified atom stereocenters. The Kier molecular flexibility index (Phi) is 5.95. The molecule has 0 aliphatic heterocycles. The lowest BCUT2D eigenvalue weighted by Gasteiger charge is -2.11. The summed E-state index contributed by atoms with van der Waals surface area (Å²) in [6.07, 6.45) is 0.712. The van der Waals surface area contributed by atoms with E-state index in [2.05, 4.69) is 10.6 Å². The van der Waals surface area contributed by atoms with Crippen LogP contribution in [-0.2, 0) is 0 Å². The van der Waals surface area contributed by atoms with Crippen LogP contribution in [0.3, 0.4) is 0 Å². The molecule has 0 saturated carbocycles. The van der Waals surface area contributed by atoms with Gasteiger partial charge in [-0.1, -0.05) is 17.7 Å². The molecule has 0 aliphatic rings. The Balaban J connectivity index is 1.80. The summed E-state index contributed by atoms with van der Waals surface area (Å²) < 4.78 is 0. The van der Waals surface area contributed by atoms with E-state index in [1.165, 1.54) is 23.5 Å². The molecule has 2 N–H and O–H groups in total. The largest absolute Gasteiger partial charge is 0.384 e. The van der Waals surface area contributed by atoms with Gasteiger partial charge in [0.15, 0.2) is 0 Å². The molecule has 1 aromatic heterocycles. The smallest absolute Gasteiger partial charge is 0.271 e. The predicted molar refractivity (Wildman–Crippen MR) is 92.6 cm³/mol. The molecular weight excluding hydrogens is 338 g/mol. The molecule has 0 saturated heterocycles. The minimum Gasteiger partial charge on any atom is -0.384 e. The zero-order chi connectivity index (χ0) is 16.8. The first-order valence-electron chi connectivity index (χ1n) is 6.99. The van der Waals surface area contributed by atoms with Gasteiger partial charge in [-0.25, -0.2) is 0 Å². The number of hydrogen-bond acceptors (Lipinski definition) is 5. The quantitative estimate of drug-likeness (QED) is 0.450. The van der Waals surface area contributed by atoms with E-state index in [1.54, 1.807) is 13.0 Å². The normalized spacial score (nSPS) is 10.3. The van der Waals surface area contributed by atoms with Crippen molar-refractivity contribution in [3.8, 4) is 0 Å². The van der Waals surface area contributed by atoms with E-state index in [0.29, 0.717) is 40.7 Å². The van der Waals surface area contributed by atoms with E-state index in [0.717, 1.165) is 0 Å². The Bertz CT molecular complexity index is 681. The van der Waals surface area contributed by atoms with Crippen molar-refractivity contribution in [2.45, 2.75) is 13.3 Å². The van der Waals surface area contributed by atoms with Gasteiger partial charge in [0.25, 0.3) is 11.6 Å². The number of aryl methyl sites for hydroxylation is 1. The molecule has 2 aromatic rings. The molecule has 0 radical (unpaired) electrons. The highest BCUT2D eigenvalue weighted by Gasteiger charge is 2.13. The van der Waals surface area contributed by atoms with Crippen molar-refractivity contribution in [1.82, 2.24) is 5.32 Å². The number of nitrogens with zero attached hydrogens (tertiary/aromatic N) is 1. The number of hydrogen-bond donors (Lipinski definition) is 2. The Morgan fingerprint density at radius 1 is 1.39 bits per heavy atom. The molecule has 2 rings (SSSR count). The molecule has 8 heteroatoms. The number of nitro benzene ring substituents is 1. The first-order chi connectivity index (χ1) is 11.0. The number of carbonyl (C=O) groups is 1. The highest BCUT2D eigenvalue weighted by molar-refractivity contribution is 7.12. The van der Waals surface area contributed by atoms with Crippen LogP contribution in [0.25, 0.3) is 0 Å². The van der Waals surface area contributed by atoms with Gasteiger partial charge in [0.1, 0.15) is 0 Å². The minimum atomic E-state index is -0.469. The third-order valence-corrected chi connectivity index (χ3v) is 4.34. The Hall–Kier alpha value is -2.12. The fourth-order valence-electron chi connectivity index (χ4n) is 2.05. The average molecular weight is 354 g/mol. The number of amides is 1. The number of nitro groups is 1. The van der Waals surface area contributed by atoms with Crippen molar-refractivity contribution < 1.29 is 9.72 Å². The SMILES string of the molecule is Cc1cc([N+](=O)[O-])cc(Cl)c1NCCCNC(=O)c1cccs1. The molecule has 6 nitrogen and oxygen atoms in total. The van der Waals surface area contributed by atoms with Crippen LogP contribution < -0.4 is 10.6 Å². The van der Waals surface area contributed by atoms with Crippen molar-refractivity contribution in [2.24, 2.45) is 0 Å². The standard InChI is InChI=1S/C15H16ClN3O3S/c1-10-8-11(19(21)22)9-12(16)14(10)17-5-3-6-18-15(20)13-4-2-7-23-13/h2,4,7-9,17H,3,5-6H2,1H3,(H,18,20). The van der Waals surface area contributed by atoms with Crippen LogP contribution in [0.4, 0.5) is 11.4 Å². The number of carbonyl (C=O) groups excluding carboxylic acids is 1. The number of rotatable bonds is 7. The fourth-order valence-corrected chi connectivity index (χ4v) is 3.02. The van der Waals surface area contributed by atoms with E-state index in [1.807, 2.05) is 11.4 Å². The van der Waals surface area contributed by atoms with Crippen LogP contribution in [0.15, 0.2) is 29.6 Å². The third-order valence-electron chi connectivity index (χ3n) is 3.17. The molecule has 1 amide bonds. The number of halogens is 1. The number of thiophene rings is 1. The fraction of sp³-hybridized carbons (Fsp3) is 0.267. The van der Waals surface area contributed by atoms with Gasteiger partial charge < -0.3 is 10.6 Å². The maximum Gasteiger partial charge on any atom is 0.271 e. The average Bonchev–Trinajstić information content (AvgIpc) is 3.03. The molecule has 122 valence electrons. The van der Waals surface area contributed by atoms with Crippen LogP contribution >= 0.6 is 22.9 Å². The van der Waals surface area contributed by atoms with E-state index in [4.69, 9.17) is 11.6 Å². The van der Waals surface area contributed by atoms with Crippen molar-refractivity contribution in [3.63, 3.8) is 0 Å². The summed E-state index contributed by atoms with van der Waals surface area (Å²) in [5, 5.41) is 18.9. The lowest BCUT2D eigenvalue weighted by Crippen LogP contribution is -2.25. The molecular formula is C15H16ClN3O3S. The van der Waals surface area contributed by atoms with Crippen LogP contribution in [-0.4, -0.2) is 23.9 Å². The zero-order valence-corrected chi connectivity index (χ0v) is 14.0. The molecule has 0 aliphatic carbocycles. The number of anilines is 1.